The van der Waals surface area contributed by atoms with E-state index in [9.17, 15) is 0 Å². The van der Waals surface area contributed by atoms with Crippen LogP contribution in [0.15, 0.2) is 12.2 Å². The van der Waals surface area contributed by atoms with E-state index < -0.39 is 0 Å². The molecule has 0 unspecified atom stereocenters. The predicted octanol–water partition coefficient (Wildman–Crippen LogP) is 2.28. The minimum atomic E-state index is 0.286. The smallest absolute Gasteiger partial charge is 0.0721 e. The molecule has 0 bridgehead atoms. The molecule has 1 heteroatoms. The van der Waals surface area contributed by atoms with Crippen molar-refractivity contribution in [3.63, 3.8) is 0 Å². The van der Waals surface area contributed by atoms with Gasteiger partial charge in [-0.3, -0.25) is 0 Å². The lowest BCUT2D eigenvalue weighted by atomic mass is 9.96. The van der Waals surface area contributed by atoms with Crippen molar-refractivity contribution in [1.29, 1.82) is 0 Å². The molecule has 2 aliphatic rings. The van der Waals surface area contributed by atoms with Gasteiger partial charge in [0.1, 0.15) is 0 Å². The maximum absolute atomic E-state index is 5.74. The molecule has 10 heavy (non-hydrogen) atoms. The summed E-state index contributed by atoms with van der Waals surface area (Å²) in [7, 11) is 0. The first-order chi connectivity index (χ1) is 4.91. The molecule has 1 aliphatic carbocycles. The zero-order valence-corrected chi connectivity index (χ0v) is 6.31. The van der Waals surface area contributed by atoms with E-state index in [0.717, 1.165) is 13.0 Å². The van der Waals surface area contributed by atoms with Crippen LogP contribution < -0.4 is 0 Å². The molecule has 2 rings (SSSR count). The fraction of sp³-hybridized carbons (Fsp3) is 0.778. The molecule has 56 valence electrons. The molecule has 1 heterocycles. The molecule has 0 atom stereocenters. The van der Waals surface area contributed by atoms with Crippen LogP contribution in [0, 0.1) is 0 Å². The number of hydrogen-bond acceptors (Lipinski definition) is 1. The van der Waals surface area contributed by atoms with Gasteiger partial charge in [0.2, 0.25) is 0 Å². The van der Waals surface area contributed by atoms with E-state index in [4.69, 9.17) is 4.74 Å². The zero-order valence-electron chi connectivity index (χ0n) is 6.31. The lowest BCUT2D eigenvalue weighted by Crippen LogP contribution is -2.30. The summed E-state index contributed by atoms with van der Waals surface area (Å²) in [5, 5.41) is 0. The van der Waals surface area contributed by atoms with E-state index in [2.05, 4.69) is 12.2 Å². The number of rotatable bonds is 0. The second-order valence-electron chi connectivity index (χ2n) is 3.38. The molecular weight excluding hydrogens is 124 g/mol. The largest absolute Gasteiger partial charge is 0.371 e. The van der Waals surface area contributed by atoms with Crippen LogP contribution in [0.1, 0.15) is 32.1 Å². The molecule has 0 aromatic heterocycles. The highest BCUT2D eigenvalue weighted by Gasteiger charge is 2.34. The molecule has 1 nitrogen and oxygen atoms in total. The fourth-order valence-electron chi connectivity index (χ4n) is 2.02. The van der Waals surface area contributed by atoms with Crippen LogP contribution >= 0.6 is 0 Å². The summed E-state index contributed by atoms with van der Waals surface area (Å²) in [5.74, 6) is 0. The monoisotopic (exact) mass is 138 g/mol. The van der Waals surface area contributed by atoms with Crippen LogP contribution in [-0.4, -0.2) is 12.2 Å². The molecule has 0 amide bonds. The molecule has 1 fully saturated rings. The van der Waals surface area contributed by atoms with Crippen LogP contribution in [0.3, 0.4) is 0 Å². The highest BCUT2D eigenvalue weighted by molar-refractivity contribution is 4.99. The van der Waals surface area contributed by atoms with Gasteiger partial charge >= 0.3 is 0 Å². The third-order valence-electron chi connectivity index (χ3n) is 2.66. The van der Waals surface area contributed by atoms with Gasteiger partial charge < -0.3 is 4.74 Å². The first-order valence-corrected chi connectivity index (χ1v) is 4.20. The van der Waals surface area contributed by atoms with Crippen LogP contribution in [0.25, 0.3) is 0 Å². The highest BCUT2D eigenvalue weighted by Crippen LogP contribution is 2.37. The Hall–Kier alpha value is -0.300. The summed E-state index contributed by atoms with van der Waals surface area (Å²) >= 11 is 0. The van der Waals surface area contributed by atoms with Crippen molar-refractivity contribution in [2.75, 3.05) is 6.61 Å². The molecule has 0 aromatic rings. The van der Waals surface area contributed by atoms with E-state index >= 15 is 0 Å². The SMILES string of the molecule is C1=CCC2(CCCC2)OC1. The van der Waals surface area contributed by atoms with E-state index in [1.54, 1.807) is 0 Å². The maximum Gasteiger partial charge on any atom is 0.0721 e. The quantitative estimate of drug-likeness (QED) is 0.466. The van der Waals surface area contributed by atoms with Crippen molar-refractivity contribution in [1.82, 2.24) is 0 Å². The average molecular weight is 138 g/mol. The molecule has 1 aliphatic heterocycles. The second-order valence-corrected chi connectivity index (χ2v) is 3.38. The first kappa shape index (κ1) is 6.41. The minimum absolute atomic E-state index is 0.286. The van der Waals surface area contributed by atoms with Crippen molar-refractivity contribution >= 4 is 0 Å². The number of hydrogen-bond donors (Lipinski definition) is 0. The molecule has 0 saturated heterocycles. The Bertz CT molecular complexity index is 143. The summed E-state index contributed by atoms with van der Waals surface area (Å²) in [6.45, 7) is 0.847. The van der Waals surface area contributed by atoms with Gasteiger partial charge in [0.05, 0.1) is 12.2 Å². The first-order valence-electron chi connectivity index (χ1n) is 4.20. The Morgan fingerprint density at radius 1 is 1.10 bits per heavy atom. The van der Waals surface area contributed by atoms with Crippen LogP contribution in [0.5, 0.6) is 0 Å². The van der Waals surface area contributed by atoms with Crippen molar-refractivity contribution in [2.45, 2.75) is 37.7 Å². The summed E-state index contributed by atoms with van der Waals surface area (Å²) in [4.78, 5) is 0. The maximum atomic E-state index is 5.74. The Morgan fingerprint density at radius 3 is 2.50 bits per heavy atom. The van der Waals surface area contributed by atoms with Gasteiger partial charge in [-0.1, -0.05) is 25.0 Å². The lowest BCUT2D eigenvalue weighted by Gasteiger charge is -2.30. The summed E-state index contributed by atoms with van der Waals surface area (Å²) in [6, 6.07) is 0. The van der Waals surface area contributed by atoms with Gasteiger partial charge in [-0.2, -0.15) is 0 Å². The van der Waals surface area contributed by atoms with Gasteiger partial charge in [0, 0.05) is 0 Å². The third kappa shape index (κ3) is 0.988. The summed E-state index contributed by atoms with van der Waals surface area (Å²) < 4.78 is 5.74. The topological polar surface area (TPSA) is 9.23 Å². The van der Waals surface area contributed by atoms with Crippen molar-refractivity contribution in [2.24, 2.45) is 0 Å². The number of ether oxygens (including phenoxy) is 1. The second kappa shape index (κ2) is 2.39. The van der Waals surface area contributed by atoms with Gasteiger partial charge in [-0.15, -0.1) is 0 Å². The van der Waals surface area contributed by atoms with Crippen molar-refractivity contribution < 1.29 is 4.74 Å². The molecule has 0 radical (unpaired) electrons. The zero-order chi connectivity index (χ0) is 6.86. The van der Waals surface area contributed by atoms with Crippen LogP contribution in [0.4, 0.5) is 0 Å². The van der Waals surface area contributed by atoms with Crippen molar-refractivity contribution in [3.8, 4) is 0 Å². The third-order valence-corrected chi connectivity index (χ3v) is 2.66. The van der Waals surface area contributed by atoms with E-state index in [1.165, 1.54) is 25.7 Å². The minimum Gasteiger partial charge on any atom is -0.371 e. The normalized spacial score (nSPS) is 29.6. The average Bonchev–Trinajstić information content (AvgIpc) is 2.39. The Kier molecular flexibility index (Phi) is 1.53. The Labute approximate surface area is 62.1 Å². The van der Waals surface area contributed by atoms with Crippen LogP contribution in [-0.2, 0) is 4.74 Å². The van der Waals surface area contributed by atoms with Gasteiger partial charge in [0.15, 0.2) is 0 Å². The molecule has 1 saturated carbocycles. The van der Waals surface area contributed by atoms with E-state index in [0.29, 0.717) is 0 Å². The summed E-state index contributed by atoms with van der Waals surface area (Å²) in [6.07, 6.45) is 10.9. The van der Waals surface area contributed by atoms with Gasteiger partial charge in [-0.05, 0) is 19.3 Å². The molecule has 0 aromatic carbocycles. The molecule has 1 spiro atoms. The predicted molar refractivity (Wildman–Crippen MR) is 40.9 cm³/mol. The molecule has 0 N–H and O–H groups in total. The summed E-state index contributed by atoms with van der Waals surface area (Å²) in [5.41, 5.74) is 0.286. The van der Waals surface area contributed by atoms with Crippen LogP contribution in [0.2, 0.25) is 0 Å². The lowest BCUT2D eigenvalue weighted by molar-refractivity contribution is -0.0306. The standard InChI is InChI=1S/C9H14O/c1-2-6-9(5-1)7-3-4-8-10-9/h3-4H,1-2,5-8H2. The Morgan fingerprint density at radius 2 is 1.90 bits per heavy atom. The van der Waals surface area contributed by atoms with E-state index in [-0.39, 0.29) is 5.60 Å². The van der Waals surface area contributed by atoms with E-state index in [1.807, 2.05) is 0 Å². The Balaban J connectivity index is 2.06. The van der Waals surface area contributed by atoms with Gasteiger partial charge in [0.25, 0.3) is 0 Å². The van der Waals surface area contributed by atoms with Crippen molar-refractivity contribution in [3.05, 3.63) is 12.2 Å². The fourth-order valence-corrected chi connectivity index (χ4v) is 2.02. The highest BCUT2D eigenvalue weighted by atomic mass is 16.5. The van der Waals surface area contributed by atoms with Gasteiger partial charge in [-0.25, -0.2) is 0 Å². The molecular formula is C9H14O.